The molecule has 4 nitrogen and oxygen atoms in total. The van der Waals surface area contributed by atoms with Gasteiger partial charge in [0, 0.05) is 5.92 Å². The van der Waals surface area contributed by atoms with Gasteiger partial charge in [-0.25, -0.2) is 9.59 Å². The molecule has 0 aromatic heterocycles. The summed E-state index contributed by atoms with van der Waals surface area (Å²) in [5.74, 6) is -2.47. The third-order valence-electron chi connectivity index (χ3n) is 3.30. The number of carboxylic acid groups (broad SMARTS) is 2. The molecule has 2 rings (SSSR count). The molecule has 2 aromatic carbocycles. The van der Waals surface area contributed by atoms with Crippen LogP contribution in [0.1, 0.15) is 44.7 Å². The first-order chi connectivity index (χ1) is 9.50. The fourth-order valence-corrected chi connectivity index (χ4v) is 2.13. The third-order valence-corrected chi connectivity index (χ3v) is 3.30. The van der Waals surface area contributed by atoms with Crippen molar-refractivity contribution in [1.82, 2.24) is 0 Å². The van der Waals surface area contributed by atoms with E-state index in [1.54, 1.807) is 6.07 Å². The van der Waals surface area contributed by atoms with Gasteiger partial charge in [-0.05, 0) is 23.3 Å². The van der Waals surface area contributed by atoms with E-state index < -0.39 is 11.9 Å². The van der Waals surface area contributed by atoms with Gasteiger partial charge in [0.2, 0.25) is 0 Å². The van der Waals surface area contributed by atoms with Crippen LogP contribution in [0.3, 0.4) is 0 Å². The maximum atomic E-state index is 11.2. The van der Waals surface area contributed by atoms with Crippen LogP contribution in [0.2, 0.25) is 0 Å². The van der Waals surface area contributed by atoms with Crippen LogP contribution in [-0.4, -0.2) is 22.2 Å². The maximum Gasteiger partial charge on any atom is 0.336 e. The molecule has 0 fully saturated rings. The minimum absolute atomic E-state index is 0.00264. The Morgan fingerprint density at radius 2 is 1.45 bits per heavy atom. The van der Waals surface area contributed by atoms with E-state index in [4.69, 9.17) is 10.2 Å². The van der Waals surface area contributed by atoms with E-state index >= 15 is 0 Å². The Labute approximate surface area is 116 Å². The zero-order valence-electron chi connectivity index (χ0n) is 10.9. The number of carboxylic acids is 2. The molecule has 2 N–H and O–H groups in total. The van der Waals surface area contributed by atoms with E-state index in [0.29, 0.717) is 0 Å². The molecule has 0 aliphatic heterocycles. The van der Waals surface area contributed by atoms with Crippen molar-refractivity contribution in [3.8, 4) is 0 Å². The third kappa shape index (κ3) is 2.69. The van der Waals surface area contributed by atoms with Crippen molar-refractivity contribution in [3.63, 3.8) is 0 Å². The quantitative estimate of drug-likeness (QED) is 0.894. The lowest BCUT2D eigenvalue weighted by atomic mass is 9.90. The summed E-state index contributed by atoms with van der Waals surface area (Å²) in [6, 6.07) is 14.1. The fourth-order valence-electron chi connectivity index (χ4n) is 2.13. The SMILES string of the molecule is CC(c1ccccc1)c1ccc(C(=O)O)c(C(=O)O)c1. The standard InChI is InChI=1S/C16H14O4/c1-10(11-5-3-2-4-6-11)12-7-8-13(15(17)18)14(9-12)16(19)20/h2-10H,1H3,(H,17,18)(H,19,20). The van der Waals surface area contributed by atoms with Gasteiger partial charge in [0.25, 0.3) is 0 Å². The van der Waals surface area contributed by atoms with Crippen molar-refractivity contribution in [2.45, 2.75) is 12.8 Å². The second-order valence-corrected chi connectivity index (χ2v) is 4.55. The smallest absolute Gasteiger partial charge is 0.336 e. The van der Waals surface area contributed by atoms with Crippen molar-refractivity contribution in [1.29, 1.82) is 0 Å². The van der Waals surface area contributed by atoms with Crippen molar-refractivity contribution in [2.24, 2.45) is 0 Å². The van der Waals surface area contributed by atoms with Gasteiger partial charge >= 0.3 is 11.9 Å². The van der Waals surface area contributed by atoms with Gasteiger partial charge in [-0.15, -0.1) is 0 Å². The van der Waals surface area contributed by atoms with E-state index in [2.05, 4.69) is 0 Å². The minimum atomic E-state index is -1.23. The molecular formula is C16H14O4. The lowest BCUT2D eigenvalue weighted by Gasteiger charge is -2.14. The van der Waals surface area contributed by atoms with Crippen molar-refractivity contribution in [2.75, 3.05) is 0 Å². The van der Waals surface area contributed by atoms with E-state index in [0.717, 1.165) is 11.1 Å². The highest BCUT2D eigenvalue weighted by molar-refractivity contribution is 6.01. The highest BCUT2D eigenvalue weighted by Crippen LogP contribution is 2.26. The second-order valence-electron chi connectivity index (χ2n) is 4.55. The summed E-state index contributed by atoms with van der Waals surface area (Å²) in [7, 11) is 0. The Morgan fingerprint density at radius 1 is 0.850 bits per heavy atom. The molecule has 0 heterocycles. The average Bonchev–Trinajstić information content (AvgIpc) is 2.46. The Balaban J connectivity index is 2.46. The minimum Gasteiger partial charge on any atom is -0.478 e. The molecule has 0 spiro atoms. The normalized spacial score (nSPS) is 11.8. The van der Waals surface area contributed by atoms with Crippen LogP contribution in [-0.2, 0) is 0 Å². The van der Waals surface area contributed by atoms with Gasteiger partial charge in [-0.3, -0.25) is 0 Å². The van der Waals surface area contributed by atoms with Gasteiger partial charge in [0.15, 0.2) is 0 Å². The van der Waals surface area contributed by atoms with Gasteiger partial charge in [-0.2, -0.15) is 0 Å². The van der Waals surface area contributed by atoms with Crippen LogP contribution < -0.4 is 0 Å². The fraction of sp³-hybridized carbons (Fsp3) is 0.125. The largest absolute Gasteiger partial charge is 0.478 e. The van der Waals surface area contributed by atoms with E-state index in [1.165, 1.54) is 12.1 Å². The number of benzene rings is 2. The summed E-state index contributed by atoms with van der Waals surface area (Å²) in [6.45, 7) is 1.96. The molecule has 0 radical (unpaired) electrons. The van der Waals surface area contributed by atoms with Crippen molar-refractivity contribution < 1.29 is 19.8 Å². The van der Waals surface area contributed by atoms with Crippen LogP contribution in [0.5, 0.6) is 0 Å². The highest BCUT2D eigenvalue weighted by Gasteiger charge is 2.18. The molecule has 0 amide bonds. The topological polar surface area (TPSA) is 74.6 Å². The summed E-state index contributed by atoms with van der Waals surface area (Å²) >= 11 is 0. The predicted octanol–water partition coefficient (Wildman–Crippen LogP) is 3.23. The van der Waals surface area contributed by atoms with Gasteiger partial charge in [0.05, 0.1) is 11.1 Å². The van der Waals surface area contributed by atoms with Crippen LogP contribution >= 0.6 is 0 Å². The zero-order valence-corrected chi connectivity index (χ0v) is 10.9. The molecule has 0 saturated heterocycles. The maximum absolute atomic E-state index is 11.2. The molecule has 0 saturated carbocycles. The Morgan fingerprint density at radius 3 is 2.00 bits per heavy atom. The number of rotatable bonds is 4. The molecule has 0 bridgehead atoms. The van der Waals surface area contributed by atoms with Gasteiger partial charge in [-0.1, -0.05) is 43.3 Å². The van der Waals surface area contributed by atoms with Crippen LogP contribution in [0.15, 0.2) is 48.5 Å². The summed E-state index contributed by atoms with van der Waals surface area (Å²) in [5.41, 5.74) is 1.45. The Bertz CT molecular complexity index is 647. The average molecular weight is 270 g/mol. The Kier molecular flexibility index (Phi) is 3.84. The number of carbonyl (C=O) groups is 2. The molecule has 0 aliphatic carbocycles. The van der Waals surface area contributed by atoms with Crippen LogP contribution in [0.4, 0.5) is 0 Å². The number of hydrogen-bond donors (Lipinski definition) is 2. The zero-order chi connectivity index (χ0) is 14.7. The van der Waals surface area contributed by atoms with E-state index in [-0.39, 0.29) is 17.0 Å². The predicted molar refractivity (Wildman–Crippen MR) is 74.3 cm³/mol. The first kappa shape index (κ1) is 13.8. The Hall–Kier alpha value is -2.62. The summed E-state index contributed by atoms with van der Waals surface area (Å²) < 4.78 is 0. The molecule has 102 valence electrons. The van der Waals surface area contributed by atoms with Crippen LogP contribution in [0.25, 0.3) is 0 Å². The van der Waals surface area contributed by atoms with Crippen molar-refractivity contribution >= 4 is 11.9 Å². The van der Waals surface area contributed by atoms with E-state index in [1.807, 2.05) is 37.3 Å². The number of aromatic carboxylic acids is 2. The molecule has 1 unspecified atom stereocenters. The second kappa shape index (κ2) is 5.57. The van der Waals surface area contributed by atoms with Crippen molar-refractivity contribution in [3.05, 3.63) is 70.8 Å². The lowest BCUT2D eigenvalue weighted by molar-refractivity contribution is 0.0651. The molecule has 0 aliphatic rings. The van der Waals surface area contributed by atoms with Crippen LogP contribution in [0, 0.1) is 0 Å². The monoisotopic (exact) mass is 270 g/mol. The summed E-state index contributed by atoms with van der Waals surface area (Å²) in [6.07, 6.45) is 0. The molecule has 2 aromatic rings. The molecular weight excluding hydrogens is 256 g/mol. The lowest BCUT2D eigenvalue weighted by Crippen LogP contribution is -2.09. The number of hydrogen-bond acceptors (Lipinski definition) is 2. The molecule has 4 heteroatoms. The summed E-state index contributed by atoms with van der Waals surface area (Å²) in [5, 5.41) is 18.1. The first-order valence-corrected chi connectivity index (χ1v) is 6.16. The molecule has 20 heavy (non-hydrogen) atoms. The first-order valence-electron chi connectivity index (χ1n) is 6.16. The molecule has 1 atom stereocenters. The van der Waals surface area contributed by atoms with Gasteiger partial charge < -0.3 is 10.2 Å². The highest BCUT2D eigenvalue weighted by atomic mass is 16.4. The van der Waals surface area contributed by atoms with Gasteiger partial charge in [0.1, 0.15) is 0 Å². The summed E-state index contributed by atoms with van der Waals surface area (Å²) in [4.78, 5) is 22.2. The van der Waals surface area contributed by atoms with E-state index in [9.17, 15) is 9.59 Å².